The third kappa shape index (κ3) is 5.75. The van der Waals surface area contributed by atoms with Crippen LogP contribution in [0.4, 0.5) is 4.79 Å². The largest absolute Gasteiger partial charge is 0.479 e. The second-order valence-electron chi connectivity index (χ2n) is 5.03. The van der Waals surface area contributed by atoms with Crippen molar-refractivity contribution in [1.29, 1.82) is 0 Å². The molecule has 0 bridgehead atoms. The normalized spacial score (nSPS) is 18.5. The molecule has 3 N–H and O–H groups in total. The molecule has 0 aliphatic carbocycles. The highest BCUT2D eigenvalue weighted by molar-refractivity contribution is 5.77. The average Bonchev–Trinajstić information content (AvgIpc) is 2.41. The van der Waals surface area contributed by atoms with Crippen molar-refractivity contribution >= 4 is 12.0 Å². The summed E-state index contributed by atoms with van der Waals surface area (Å²) < 4.78 is 4.74. The molecular formula is C13H25N3O4. The number of piperidine rings is 1. The molecule has 0 aromatic heterocycles. The van der Waals surface area contributed by atoms with Gasteiger partial charge in [0, 0.05) is 26.2 Å². The van der Waals surface area contributed by atoms with Crippen molar-refractivity contribution in [2.45, 2.75) is 38.3 Å². The minimum Gasteiger partial charge on any atom is -0.479 e. The molecule has 2 amide bonds. The van der Waals surface area contributed by atoms with E-state index in [1.54, 1.807) is 0 Å². The molecular weight excluding hydrogens is 262 g/mol. The number of nitrogens with zero attached hydrogens (tertiary/aromatic N) is 1. The number of aliphatic carboxylic acids is 1. The lowest BCUT2D eigenvalue weighted by Gasteiger charge is -2.32. The number of hydrogen-bond donors (Lipinski definition) is 3. The SMILES string of the molecule is CCCN1CCC(NC(=O)NCC(OC)C(=O)O)CC1. The minimum absolute atomic E-state index is 0.0354. The molecule has 1 rings (SSSR count). The minimum atomic E-state index is -1.08. The van der Waals surface area contributed by atoms with Gasteiger partial charge >= 0.3 is 12.0 Å². The number of carbonyl (C=O) groups is 2. The molecule has 20 heavy (non-hydrogen) atoms. The van der Waals surface area contributed by atoms with Crippen LogP contribution >= 0.6 is 0 Å². The molecule has 0 spiro atoms. The highest BCUT2D eigenvalue weighted by atomic mass is 16.5. The standard InChI is InChI=1S/C13H25N3O4/c1-3-6-16-7-4-10(5-8-16)15-13(19)14-9-11(20-2)12(17)18/h10-11H,3-9H2,1-2H3,(H,17,18)(H2,14,15,19). The van der Waals surface area contributed by atoms with Gasteiger partial charge in [0.15, 0.2) is 6.10 Å². The summed E-state index contributed by atoms with van der Waals surface area (Å²) in [6.45, 7) is 5.22. The zero-order valence-corrected chi connectivity index (χ0v) is 12.2. The van der Waals surface area contributed by atoms with Crippen molar-refractivity contribution in [3.05, 3.63) is 0 Å². The third-order valence-corrected chi connectivity index (χ3v) is 3.47. The fraction of sp³-hybridized carbons (Fsp3) is 0.846. The lowest BCUT2D eigenvalue weighted by atomic mass is 10.1. The Morgan fingerprint density at radius 3 is 2.55 bits per heavy atom. The number of carboxylic acids is 1. The Bertz CT molecular complexity index is 317. The lowest BCUT2D eigenvalue weighted by molar-refractivity contribution is -0.147. The van der Waals surface area contributed by atoms with Crippen molar-refractivity contribution in [2.75, 3.05) is 33.3 Å². The van der Waals surface area contributed by atoms with Crippen LogP contribution in [0.15, 0.2) is 0 Å². The van der Waals surface area contributed by atoms with Crippen molar-refractivity contribution in [2.24, 2.45) is 0 Å². The Kier molecular flexibility index (Phi) is 7.32. The molecule has 0 aromatic rings. The highest BCUT2D eigenvalue weighted by Gasteiger charge is 2.21. The summed E-state index contributed by atoms with van der Waals surface area (Å²) in [4.78, 5) is 24.8. The van der Waals surface area contributed by atoms with Gasteiger partial charge in [-0.25, -0.2) is 9.59 Å². The Morgan fingerprint density at radius 2 is 2.05 bits per heavy atom. The number of likely N-dealkylation sites (tertiary alicyclic amines) is 1. The van der Waals surface area contributed by atoms with Crippen LogP contribution in [0.1, 0.15) is 26.2 Å². The molecule has 1 saturated heterocycles. The van der Waals surface area contributed by atoms with Gasteiger partial charge < -0.3 is 25.4 Å². The van der Waals surface area contributed by atoms with E-state index in [9.17, 15) is 9.59 Å². The molecule has 1 atom stereocenters. The Labute approximate surface area is 119 Å². The fourth-order valence-electron chi connectivity index (χ4n) is 2.31. The molecule has 0 radical (unpaired) electrons. The third-order valence-electron chi connectivity index (χ3n) is 3.47. The molecule has 7 nitrogen and oxygen atoms in total. The topological polar surface area (TPSA) is 90.9 Å². The van der Waals surface area contributed by atoms with Crippen molar-refractivity contribution in [3.8, 4) is 0 Å². The van der Waals surface area contributed by atoms with E-state index in [1.165, 1.54) is 7.11 Å². The Hall–Kier alpha value is -1.34. The van der Waals surface area contributed by atoms with E-state index in [0.717, 1.165) is 38.9 Å². The van der Waals surface area contributed by atoms with Gasteiger partial charge in [0.2, 0.25) is 0 Å². The first-order chi connectivity index (χ1) is 9.56. The van der Waals surface area contributed by atoms with Crippen molar-refractivity contribution < 1.29 is 19.4 Å². The van der Waals surface area contributed by atoms with E-state index in [4.69, 9.17) is 9.84 Å². The van der Waals surface area contributed by atoms with Crippen LogP contribution in [0.25, 0.3) is 0 Å². The zero-order valence-electron chi connectivity index (χ0n) is 12.2. The van der Waals surface area contributed by atoms with Gasteiger partial charge in [-0.3, -0.25) is 0 Å². The predicted octanol–water partition coefficient (Wildman–Crippen LogP) is 0.260. The summed E-state index contributed by atoms with van der Waals surface area (Å²) in [5.41, 5.74) is 0. The summed E-state index contributed by atoms with van der Waals surface area (Å²) in [5.74, 6) is -1.08. The molecule has 0 aromatic carbocycles. The van der Waals surface area contributed by atoms with E-state index >= 15 is 0 Å². The average molecular weight is 287 g/mol. The molecule has 1 fully saturated rings. The quantitative estimate of drug-likeness (QED) is 0.625. The summed E-state index contributed by atoms with van der Waals surface area (Å²) in [5, 5.41) is 14.2. The van der Waals surface area contributed by atoms with Crippen LogP contribution in [-0.4, -0.2) is 67.4 Å². The number of hydrogen-bond acceptors (Lipinski definition) is 4. The van der Waals surface area contributed by atoms with Crippen LogP contribution in [-0.2, 0) is 9.53 Å². The lowest BCUT2D eigenvalue weighted by Crippen LogP contribution is -2.49. The number of rotatable bonds is 7. The van der Waals surface area contributed by atoms with Gasteiger partial charge in [-0.1, -0.05) is 6.92 Å². The van der Waals surface area contributed by atoms with Crippen LogP contribution in [0, 0.1) is 0 Å². The number of amides is 2. The smallest absolute Gasteiger partial charge is 0.334 e. The van der Waals surface area contributed by atoms with E-state index in [-0.39, 0.29) is 18.6 Å². The molecule has 1 aliphatic rings. The first kappa shape index (κ1) is 16.7. The fourth-order valence-corrected chi connectivity index (χ4v) is 2.31. The van der Waals surface area contributed by atoms with Gasteiger partial charge in [-0.2, -0.15) is 0 Å². The molecule has 1 aliphatic heterocycles. The number of carboxylic acid groups (broad SMARTS) is 1. The highest BCUT2D eigenvalue weighted by Crippen LogP contribution is 2.10. The molecule has 1 unspecified atom stereocenters. The van der Waals surface area contributed by atoms with Gasteiger partial charge in [0.25, 0.3) is 0 Å². The number of nitrogens with one attached hydrogen (secondary N) is 2. The van der Waals surface area contributed by atoms with Crippen LogP contribution < -0.4 is 10.6 Å². The molecule has 116 valence electrons. The molecule has 7 heteroatoms. The Morgan fingerprint density at radius 1 is 1.40 bits per heavy atom. The number of methoxy groups -OCH3 is 1. The zero-order chi connectivity index (χ0) is 15.0. The monoisotopic (exact) mass is 287 g/mol. The van der Waals surface area contributed by atoms with Crippen molar-refractivity contribution in [3.63, 3.8) is 0 Å². The molecule has 1 heterocycles. The second kappa shape index (κ2) is 8.76. The summed E-state index contributed by atoms with van der Waals surface area (Å²) >= 11 is 0. The number of ether oxygens (including phenoxy) is 1. The first-order valence-corrected chi connectivity index (χ1v) is 7.09. The first-order valence-electron chi connectivity index (χ1n) is 7.09. The summed E-state index contributed by atoms with van der Waals surface area (Å²) in [6, 6.07) is -0.170. The maximum atomic E-state index is 11.7. The van der Waals surface area contributed by atoms with E-state index < -0.39 is 12.1 Å². The van der Waals surface area contributed by atoms with Gasteiger partial charge in [0.05, 0.1) is 6.54 Å². The van der Waals surface area contributed by atoms with Crippen LogP contribution in [0.5, 0.6) is 0 Å². The predicted molar refractivity (Wildman–Crippen MR) is 74.7 cm³/mol. The summed E-state index contributed by atoms with van der Waals surface area (Å²) in [7, 11) is 1.31. The van der Waals surface area contributed by atoms with Gasteiger partial charge in [-0.05, 0) is 25.8 Å². The number of urea groups is 1. The van der Waals surface area contributed by atoms with E-state index in [0.29, 0.717) is 0 Å². The van der Waals surface area contributed by atoms with Gasteiger partial charge in [0.1, 0.15) is 0 Å². The van der Waals surface area contributed by atoms with Crippen molar-refractivity contribution in [1.82, 2.24) is 15.5 Å². The second-order valence-corrected chi connectivity index (χ2v) is 5.03. The van der Waals surface area contributed by atoms with Crippen LogP contribution in [0.3, 0.4) is 0 Å². The molecule has 0 saturated carbocycles. The number of carbonyl (C=O) groups excluding carboxylic acids is 1. The summed E-state index contributed by atoms with van der Waals surface area (Å²) in [6.07, 6.45) is 2.00. The maximum absolute atomic E-state index is 11.7. The Balaban J connectivity index is 2.21. The maximum Gasteiger partial charge on any atom is 0.334 e. The van der Waals surface area contributed by atoms with E-state index in [1.807, 2.05) is 0 Å². The van der Waals surface area contributed by atoms with Crippen LogP contribution in [0.2, 0.25) is 0 Å². The van der Waals surface area contributed by atoms with E-state index in [2.05, 4.69) is 22.5 Å². The van der Waals surface area contributed by atoms with Gasteiger partial charge in [-0.15, -0.1) is 0 Å².